The lowest BCUT2D eigenvalue weighted by atomic mass is 10.1. The molecular weight excluding hydrogens is 378 g/mol. The molecule has 0 spiro atoms. The van der Waals surface area contributed by atoms with Crippen molar-refractivity contribution in [1.82, 2.24) is 19.5 Å². The van der Waals surface area contributed by atoms with Gasteiger partial charge in [0, 0.05) is 35.7 Å². The van der Waals surface area contributed by atoms with Crippen molar-refractivity contribution in [3.8, 4) is 17.6 Å². The monoisotopic (exact) mass is 399 g/mol. The number of carbonyl (C=O) groups is 1. The van der Waals surface area contributed by atoms with E-state index in [9.17, 15) is 4.79 Å². The van der Waals surface area contributed by atoms with Crippen LogP contribution in [-0.2, 0) is 0 Å². The van der Waals surface area contributed by atoms with Crippen molar-refractivity contribution in [2.75, 3.05) is 5.32 Å². The van der Waals surface area contributed by atoms with Crippen LogP contribution in [0.15, 0.2) is 67.1 Å². The lowest BCUT2D eigenvalue weighted by molar-refractivity contribution is 0.102. The van der Waals surface area contributed by atoms with E-state index >= 15 is 0 Å². The normalized spacial score (nSPS) is 10.6. The summed E-state index contributed by atoms with van der Waals surface area (Å²) < 4.78 is 7.62. The Hall–Kier alpha value is -4.00. The van der Waals surface area contributed by atoms with Gasteiger partial charge in [-0.05, 0) is 68.8 Å². The molecule has 0 aliphatic carbocycles. The van der Waals surface area contributed by atoms with Crippen LogP contribution < -0.4 is 10.1 Å². The highest BCUT2D eigenvalue weighted by atomic mass is 16.5. The fourth-order valence-electron chi connectivity index (χ4n) is 3.30. The second-order valence-electron chi connectivity index (χ2n) is 6.87. The summed E-state index contributed by atoms with van der Waals surface area (Å²) in [6.45, 7) is 5.78. The van der Waals surface area contributed by atoms with Crippen molar-refractivity contribution in [1.29, 1.82) is 0 Å². The van der Waals surface area contributed by atoms with Crippen LogP contribution >= 0.6 is 0 Å². The van der Waals surface area contributed by atoms with Gasteiger partial charge < -0.3 is 14.6 Å². The maximum atomic E-state index is 13.0. The third-order valence-electron chi connectivity index (χ3n) is 4.75. The first-order chi connectivity index (χ1) is 14.5. The maximum absolute atomic E-state index is 13.0. The summed E-state index contributed by atoms with van der Waals surface area (Å²) in [6, 6.07) is 15.0. The molecule has 1 N–H and O–H groups in total. The maximum Gasteiger partial charge on any atom is 0.321 e. The van der Waals surface area contributed by atoms with E-state index in [0.29, 0.717) is 17.0 Å². The largest absolute Gasteiger partial charge is 0.424 e. The zero-order valence-electron chi connectivity index (χ0n) is 17.0. The number of hydrogen-bond acceptors (Lipinski definition) is 5. The summed E-state index contributed by atoms with van der Waals surface area (Å²) in [5.41, 5.74) is 3.97. The fourth-order valence-corrected chi connectivity index (χ4v) is 3.30. The summed E-state index contributed by atoms with van der Waals surface area (Å²) in [5.74, 6) is 1.21. The smallest absolute Gasteiger partial charge is 0.321 e. The molecule has 1 amide bonds. The van der Waals surface area contributed by atoms with Crippen molar-refractivity contribution in [2.24, 2.45) is 0 Å². The van der Waals surface area contributed by atoms with Crippen molar-refractivity contribution in [2.45, 2.75) is 20.8 Å². The Balaban J connectivity index is 1.54. The Morgan fingerprint density at radius 3 is 2.40 bits per heavy atom. The number of anilines is 1. The van der Waals surface area contributed by atoms with Gasteiger partial charge >= 0.3 is 6.01 Å². The molecule has 150 valence electrons. The molecule has 7 nitrogen and oxygen atoms in total. The molecule has 30 heavy (non-hydrogen) atoms. The van der Waals surface area contributed by atoms with Gasteiger partial charge in [0.05, 0.1) is 5.56 Å². The highest BCUT2D eigenvalue weighted by molar-refractivity contribution is 6.05. The summed E-state index contributed by atoms with van der Waals surface area (Å²) in [4.78, 5) is 25.5. The topological polar surface area (TPSA) is 81.9 Å². The number of aryl methyl sites for hydroxylation is 2. The molecule has 0 aliphatic heterocycles. The molecule has 4 rings (SSSR count). The third-order valence-corrected chi connectivity index (χ3v) is 4.75. The average Bonchev–Trinajstić information content (AvgIpc) is 3.05. The van der Waals surface area contributed by atoms with Crippen LogP contribution in [0.25, 0.3) is 5.82 Å². The van der Waals surface area contributed by atoms with Crippen LogP contribution in [-0.4, -0.2) is 25.4 Å². The first-order valence-electron chi connectivity index (χ1n) is 9.50. The summed E-state index contributed by atoms with van der Waals surface area (Å²) >= 11 is 0. The van der Waals surface area contributed by atoms with Gasteiger partial charge in [-0.15, -0.1) is 0 Å². The quantitative estimate of drug-likeness (QED) is 0.529. The number of aromatic nitrogens is 4. The number of carbonyl (C=O) groups excluding carboxylic acids is 1. The first kappa shape index (κ1) is 19.3. The van der Waals surface area contributed by atoms with Crippen LogP contribution in [0.3, 0.4) is 0 Å². The highest BCUT2D eigenvalue weighted by Gasteiger charge is 2.18. The van der Waals surface area contributed by atoms with Crippen LogP contribution in [0.2, 0.25) is 0 Å². The van der Waals surface area contributed by atoms with E-state index in [-0.39, 0.29) is 11.9 Å². The standard InChI is InChI=1S/C23H21N5O2/c1-15-13-18(30-23-25-11-6-12-26-23)8-9-20(15)27-22(29)19-14-16(2)28(17(19)3)21-7-4-5-10-24-21/h4-14H,1-3H3,(H,27,29). The van der Waals surface area contributed by atoms with E-state index in [2.05, 4.69) is 20.3 Å². The summed E-state index contributed by atoms with van der Waals surface area (Å²) in [7, 11) is 0. The molecule has 0 saturated heterocycles. The molecule has 0 bridgehead atoms. The predicted molar refractivity (Wildman–Crippen MR) is 114 cm³/mol. The minimum Gasteiger partial charge on any atom is -0.424 e. The Morgan fingerprint density at radius 2 is 1.70 bits per heavy atom. The van der Waals surface area contributed by atoms with Crippen molar-refractivity contribution in [3.63, 3.8) is 0 Å². The molecule has 4 aromatic rings. The van der Waals surface area contributed by atoms with E-state index < -0.39 is 0 Å². The number of nitrogens with zero attached hydrogens (tertiary/aromatic N) is 4. The molecule has 0 saturated carbocycles. The van der Waals surface area contributed by atoms with Crippen molar-refractivity contribution in [3.05, 3.63) is 89.6 Å². The van der Waals surface area contributed by atoms with Gasteiger partial charge in [0.25, 0.3) is 5.91 Å². The van der Waals surface area contributed by atoms with Crippen LogP contribution in [0.4, 0.5) is 5.69 Å². The van der Waals surface area contributed by atoms with E-state index in [4.69, 9.17) is 4.74 Å². The van der Waals surface area contributed by atoms with E-state index in [0.717, 1.165) is 22.8 Å². The second-order valence-corrected chi connectivity index (χ2v) is 6.87. The number of amides is 1. The number of ether oxygens (including phenoxy) is 1. The molecule has 0 unspecified atom stereocenters. The minimum atomic E-state index is -0.173. The van der Waals surface area contributed by atoms with Crippen LogP contribution in [0.1, 0.15) is 27.3 Å². The van der Waals surface area contributed by atoms with Crippen molar-refractivity contribution >= 4 is 11.6 Å². The lowest BCUT2D eigenvalue weighted by Gasteiger charge is -2.11. The molecule has 0 aliphatic rings. The van der Waals surface area contributed by atoms with E-state index in [1.54, 1.807) is 30.7 Å². The summed E-state index contributed by atoms with van der Waals surface area (Å²) in [6.07, 6.45) is 4.97. The molecule has 0 atom stereocenters. The van der Waals surface area contributed by atoms with Gasteiger partial charge in [0.2, 0.25) is 0 Å². The van der Waals surface area contributed by atoms with Crippen LogP contribution in [0, 0.1) is 20.8 Å². The van der Waals surface area contributed by atoms with Gasteiger partial charge in [0.15, 0.2) is 0 Å². The summed E-state index contributed by atoms with van der Waals surface area (Å²) in [5, 5.41) is 2.99. The van der Waals surface area contributed by atoms with Crippen molar-refractivity contribution < 1.29 is 9.53 Å². The number of benzene rings is 1. The first-order valence-corrected chi connectivity index (χ1v) is 9.50. The lowest BCUT2D eigenvalue weighted by Crippen LogP contribution is -2.14. The zero-order valence-corrected chi connectivity index (χ0v) is 17.0. The molecule has 3 aromatic heterocycles. The van der Waals surface area contributed by atoms with Gasteiger partial charge in [-0.2, -0.15) is 0 Å². The Bertz CT molecular complexity index is 1190. The fraction of sp³-hybridized carbons (Fsp3) is 0.130. The van der Waals surface area contributed by atoms with Crippen LogP contribution in [0.5, 0.6) is 11.8 Å². The Morgan fingerprint density at radius 1 is 0.933 bits per heavy atom. The molecule has 0 fully saturated rings. The molecule has 1 aromatic carbocycles. The number of pyridine rings is 1. The number of nitrogens with one attached hydrogen (secondary N) is 1. The molecular formula is C23H21N5O2. The van der Waals surface area contributed by atoms with Gasteiger partial charge in [-0.25, -0.2) is 15.0 Å². The second kappa shape index (κ2) is 8.16. The predicted octanol–water partition coefficient (Wildman–Crippen LogP) is 4.63. The zero-order chi connectivity index (χ0) is 21.1. The Kier molecular flexibility index (Phi) is 5.26. The van der Waals surface area contributed by atoms with Gasteiger partial charge in [0.1, 0.15) is 11.6 Å². The highest BCUT2D eigenvalue weighted by Crippen LogP contribution is 2.26. The molecule has 0 radical (unpaired) electrons. The Labute approximate surface area is 174 Å². The number of hydrogen-bond donors (Lipinski definition) is 1. The third kappa shape index (κ3) is 3.91. The SMILES string of the molecule is Cc1cc(Oc2ncccn2)ccc1NC(=O)c1cc(C)n(-c2ccccn2)c1C. The van der Waals surface area contributed by atoms with Gasteiger partial charge in [-0.3, -0.25) is 4.79 Å². The van der Waals surface area contributed by atoms with E-state index in [1.807, 2.05) is 61.7 Å². The minimum absolute atomic E-state index is 0.173. The molecule has 3 heterocycles. The van der Waals surface area contributed by atoms with E-state index in [1.165, 1.54) is 0 Å². The average molecular weight is 399 g/mol. The molecule has 7 heteroatoms. The van der Waals surface area contributed by atoms with Gasteiger partial charge in [-0.1, -0.05) is 6.07 Å². The number of rotatable bonds is 5.